The van der Waals surface area contributed by atoms with Crippen molar-refractivity contribution in [1.29, 1.82) is 0 Å². The van der Waals surface area contributed by atoms with Gasteiger partial charge in [0.1, 0.15) is 11.4 Å². The van der Waals surface area contributed by atoms with Gasteiger partial charge in [0.15, 0.2) is 0 Å². The summed E-state index contributed by atoms with van der Waals surface area (Å²) in [5.41, 5.74) is 0.449. The van der Waals surface area contributed by atoms with Gasteiger partial charge in [0.2, 0.25) is 0 Å². The Bertz CT molecular complexity index is 802. The molecular weight excluding hydrogens is 319 g/mol. The normalized spacial score (nSPS) is 20.3. The second kappa shape index (κ2) is 6.89. The van der Waals surface area contributed by atoms with E-state index >= 15 is 0 Å². The summed E-state index contributed by atoms with van der Waals surface area (Å²) in [6.07, 6.45) is 4.04. The van der Waals surface area contributed by atoms with Crippen LogP contribution in [-0.4, -0.2) is 23.4 Å². The number of nitrogens with zero attached hydrogens (tertiary/aromatic N) is 1. The number of hydrogen-bond acceptors (Lipinski definition) is 2. The Morgan fingerprint density at radius 3 is 2.40 bits per heavy atom. The number of imide groups is 1. The molecule has 1 saturated heterocycles. The highest BCUT2D eigenvalue weighted by Crippen LogP contribution is 2.32. The molecular formula is C20H19FN2O2. The first-order chi connectivity index (χ1) is 12.1. The van der Waals surface area contributed by atoms with Crippen molar-refractivity contribution >= 4 is 18.0 Å². The van der Waals surface area contributed by atoms with E-state index in [4.69, 9.17) is 0 Å². The molecule has 0 aromatic heterocycles. The predicted molar refractivity (Wildman–Crippen MR) is 94.1 cm³/mol. The SMILES string of the molecule is CC[C@@]1(c2ccc(F)cc2)NC(=O)N(C/C=C/c2ccccc2)C1=O. The number of rotatable bonds is 5. The summed E-state index contributed by atoms with van der Waals surface area (Å²) in [6, 6.07) is 14.9. The number of carbonyl (C=O) groups is 2. The molecule has 1 aliphatic heterocycles. The zero-order valence-corrected chi connectivity index (χ0v) is 13.9. The van der Waals surface area contributed by atoms with E-state index < -0.39 is 11.6 Å². The highest BCUT2D eigenvalue weighted by molar-refractivity contribution is 6.07. The van der Waals surface area contributed by atoms with Crippen molar-refractivity contribution in [3.8, 4) is 0 Å². The second-order valence-corrected chi connectivity index (χ2v) is 5.92. The van der Waals surface area contributed by atoms with Crippen molar-refractivity contribution in [2.24, 2.45) is 0 Å². The maximum absolute atomic E-state index is 13.2. The molecule has 0 radical (unpaired) electrons. The molecule has 0 bridgehead atoms. The van der Waals surface area contributed by atoms with E-state index in [-0.39, 0.29) is 18.3 Å². The van der Waals surface area contributed by atoms with Gasteiger partial charge in [0, 0.05) is 6.54 Å². The molecule has 4 nitrogen and oxygen atoms in total. The first-order valence-corrected chi connectivity index (χ1v) is 8.18. The van der Waals surface area contributed by atoms with Crippen LogP contribution in [0.25, 0.3) is 6.08 Å². The fraction of sp³-hybridized carbons (Fsp3) is 0.200. The Morgan fingerprint density at radius 2 is 1.76 bits per heavy atom. The quantitative estimate of drug-likeness (QED) is 0.845. The molecule has 2 aromatic rings. The number of urea groups is 1. The molecule has 0 spiro atoms. The standard InChI is InChI=1S/C20H19FN2O2/c1-2-20(16-10-12-17(21)13-11-16)18(24)23(19(25)22-20)14-6-9-15-7-4-3-5-8-15/h3-13H,2,14H2,1H3,(H,22,25)/b9-6+/t20-/m0/s1. The first kappa shape index (κ1) is 16.9. The van der Waals surface area contributed by atoms with Gasteiger partial charge >= 0.3 is 6.03 Å². The molecule has 3 rings (SSSR count). The zero-order valence-electron chi connectivity index (χ0n) is 13.9. The van der Waals surface area contributed by atoms with Gasteiger partial charge in [-0.05, 0) is 29.7 Å². The lowest BCUT2D eigenvalue weighted by molar-refractivity contribution is -0.131. The minimum absolute atomic E-state index is 0.183. The van der Waals surface area contributed by atoms with E-state index in [9.17, 15) is 14.0 Å². The number of amides is 3. The van der Waals surface area contributed by atoms with Gasteiger partial charge in [-0.25, -0.2) is 9.18 Å². The lowest BCUT2D eigenvalue weighted by atomic mass is 9.87. The summed E-state index contributed by atoms with van der Waals surface area (Å²) in [5, 5.41) is 2.78. The summed E-state index contributed by atoms with van der Waals surface area (Å²) >= 11 is 0. The molecule has 0 unspecified atom stereocenters. The van der Waals surface area contributed by atoms with Crippen molar-refractivity contribution in [2.75, 3.05) is 6.54 Å². The summed E-state index contributed by atoms with van der Waals surface area (Å²) in [6.45, 7) is 2.01. The van der Waals surface area contributed by atoms with Crippen molar-refractivity contribution in [3.05, 3.63) is 77.6 Å². The third-order valence-electron chi connectivity index (χ3n) is 4.44. The summed E-state index contributed by atoms with van der Waals surface area (Å²) in [7, 11) is 0. The molecule has 5 heteroatoms. The fourth-order valence-corrected chi connectivity index (χ4v) is 3.02. The second-order valence-electron chi connectivity index (χ2n) is 5.92. The van der Waals surface area contributed by atoms with Crippen LogP contribution in [0.5, 0.6) is 0 Å². The molecule has 1 fully saturated rings. The minimum atomic E-state index is -1.13. The third-order valence-corrected chi connectivity index (χ3v) is 4.44. The average Bonchev–Trinajstić information content (AvgIpc) is 2.88. The molecule has 0 aliphatic carbocycles. The van der Waals surface area contributed by atoms with Crippen LogP contribution in [-0.2, 0) is 10.3 Å². The Hall–Kier alpha value is -2.95. The predicted octanol–water partition coefficient (Wildman–Crippen LogP) is 3.70. The lowest BCUT2D eigenvalue weighted by Crippen LogP contribution is -2.43. The van der Waals surface area contributed by atoms with Gasteiger partial charge in [-0.1, -0.05) is 61.5 Å². The van der Waals surface area contributed by atoms with E-state index in [0.717, 1.165) is 5.56 Å². The van der Waals surface area contributed by atoms with Crippen molar-refractivity contribution < 1.29 is 14.0 Å². The van der Waals surface area contributed by atoms with Crippen molar-refractivity contribution in [1.82, 2.24) is 10.2 Å². The number of halogens is 1. The van der Waals surface area contributed by atoms with E-state index in [1.165, 1.54) is 17.0 Å². The van der Waals surface area contributed by atoms with Gasteiger partial charge in [-0.15, -0.1) is 0 Å². The molecule has 0 saturated carbocycles. The van der Waals surface area contributed by atoms with Crippen molar-refractivity contribution in [2.45, 2.75) is 18.9 Å². The third kappa shape index (κ3) is 3.18. The molecule has 25 heavy (non-hydrogen) atoms. The topological polar surface area (TPSA) is 49.4 Å². The maximum Gasteiger partial charge on any atom is 0.325 e. The maximum atomic E-state index is 13.2. The molecule has 1 atom stereocenters. The van der Waals surface area contributed by atoms with Gasteiger partial charge in [0.25, 0.3) is 5.91 Å². The number of hydrogen-bond donors (Lipinski definition) is 1. The van der Waals surface area contributed by atoms with Crippen LogP contribution >= 0.6 is 0 Å². The van der Waals surface area contributed by atoms with Crippen LogP contribution in [0.4, 0.5) is 9.18 Å². The smallest absolute Gasteiger partial charge is 0.319 e. The highest BCUT2D eigenvalue weighted by Gasteiger charge is 2.50. The van der Waals surface area contributed by atoms with E-state index in [2.05, 4.69) is 5.32 Å². The van der Waals surface area contributed by atoms with E-state index in [1.807, 2.05) is 43.3 Å². The Balaban J connectivity index is 1.81. The van der Waals surface area contributed by atoms with Crippen LogP contribution in [0.2, 0.25) is 0 Å². The van der Waals surface area contributed by atoms with Gasteiger partial charge in [0.05, 0.1) is 0 Å². The largest absolute Gasteiger partial charge is 0.325 e. The summed E-state index contributed by atoms with van der Waals surface area (Å²) in [5.74, 6) is -0.696. The van der Waals surface area contributed by atoms with Crippen LogP contribution in [0.1, 0.15) is 24.5 Å². The van der Waals surface area contributed by atoms with Gasteiger partial charge < -0.3 is 5.32 Å². The van der Waals surface area contributed by atoms with Crippen molar-refractivity contribution in [3.63, 3.8) is 0 Å². The first-order valence-electron chi connectivity index (χ1n) is 8.18. The lowest BCUT2D eigenvalue weighted by Gasteiger charge is -2.25. The van der Waals surface area contributed by atoms with E-state index in [0.29, 0.717) is 12.0 Å². The molecule has 3 amide bonds. The molecule has 1 aliphatic rings. The average molecular weight is 338 g/mol. The summed E-state index contributed by atoms with van der Waals surface area (Å²) in [4.78, 5) is 26.4. The number of nitrogens with one attached hydrogen (secondary N) is 1. The molecule has 1 heterocycles. The van der Waals surface area contributed by atoms with Gasteiger partial charge in [-0.3, -0.25) is 9.69 Å². The molecule has 128 valence electrons. The van der Waals surface area contributed by atoms with Gasteiger partial charge in [-0.2, -0.15) is 0 Å². The highest BCUT2D eigenvalue weighted by atomic mass is 19.1. The zero-order chi connectivity index (χ0) is 17.9. The monoisotopic (exact) mass is 338 g/mol. The molecule has 2 aromatic carbocycles. The van der Waals surface area contributed by atoms with Crippen LogP contribution in [0.15, 0.2) is 60.7 Å². The molecule has 1 N–H and O–H groups in total. The van der Waals surface area contributed by atoms with Crippen LogP contribution < -0.4 is 5.32 Å². The Kier molecular flexibility index (Phi) is 4.65. The van der Waals surface area contributed by atoms with Crippen LogP contribution in [0.3, 0.4) is 0 Å². The fourth-order valence-electron chi connectivity index (χ4n) is 3.02. The van der Waals surface area contributed by atoms with E-state index in [1.54, 1.807) is 18.2 Å². The Labute approximate surface area is 146 Å². The minimum Gasteiger partial charge on any atom is -0.319 e. The Morgan fingerprint density at radius 1 is 1.08 bits per heavy atom. The van der Waals surface area contributed by atoms with Crippen LogP contribution in [0, 0.1) is 5.82 Å². The number of benzene rings is 2. The number of carbonyl (C=O) groups excluding carboxylic acids is 2. The summed E-state index contributed by atoms with van der Waals surface area (Å²) < 4.78 is 13.2.